The number of amides is 2. The predicted molar refractivity (Wildman–Crippen MR) is 148 cm³/mol. The van der Waals surface area contributed by atoms with E-state index >= 15 is 0 Å². The summed E-state index contributed by atoms with van der Waals surface area (Å²) in [4.78, 5) is 37.6. The summed E-state index contributed by atoms with van der Waals surface area (Å²) in [5, 5.41) is 12.9. The van der Waals surface area contributed by atoms with Gasteiger partial charge in [0.1, 0.15) is 5.75 Å². The second kappa shape index (κ2) is 10.8. The Bertz CT molecular complexity index is 1720. The Balaban J connectivity index is 1.36. The van der Waals surface area contributed by atoms with Gasteiger partial charge in [-0.25, -0.2) is 0 Å². The number of hydrogen-bond acceptors (Lipinski definition) is 6. The molecule has 0 bridgehead atoms. The lowest BCUT2D eigenvalue weighted by molar-refractivity contribution is -0.385. The largest absolute Gasteiger partial charge is 0.449 e. The Morgan fingerprint density at radius 2 is 1.70 bits per heavy atom. The number of nitro benzene ring substituents is 1. The molecule has 2 amide bonds. The normalized spacial score (nSPS) is 14.8. The van der Waals surface area contributed by atoms with Gasteiger partial charge in [0.05, 0.1) is 26.4 Å². The van der Waals surface area contributed by atoms with E-state index in [2.05, 4.69) is 15.9 Å². The fourth-order valence-electron chi connectivity index (χ4n) is 4.12. The number of ether oxygens (including phenoxy) is 1. The highest BCUT2D eigenvalue weighted by molar-refractivity contribution is 9.10. The van der Waals surface area contributed by atoms with Crippen molar-refractivity contribution in [3.63, 3.8) is 0 Å². The van der Waals surface area contributed by atoms with Crippen LogP contribution in [0.25, 0.3) is 16.8 Å². The van der Waals surface area contributed by atoms with Crippen LogP contribution in [0, 0.1) is 10.1 Å². The van der Waals surface area contributed by atoms with E-state index in [1.54, 1.807) is 12.1 Å². The summed E-state index contributed by atoms with van der Waals surface area (Å²) in [6.07, 6.45) is -3.22. The third-order valence-corrected chi connectivity index (χ3v) is 7.57. The first kappa shape index (κ1) is 27.4. The smallest absolute Gasteiger partial charge is 0.416 e. The number of carbonyl (C=O) groups excluding carboxylic acids is 2. The number of rotatable bonds is 6. The highest BCUT2D eigenvalue weighted by Crippen LogP contribution is 2.40. The van der Waals surface area contributed by atoms with Crippen LogP contribution >= 0.6 is 27.7 Å². The van der Waals surface area contributed by atoms with Crippen molar-refractivity contribution >= 4 is 61.4 Å². The van der Waals surface area contributed by atoms with Crippen molar-refractivity contribution in [3.05, 3.63) is 115 Å². The van der Waals surface area contributed by atoms with Crippen LogP contribution in [0.1, 0.15) is 16.7 Å². The molecule has 0 aliphatic carbocycles. The Kier molecular flexibility index (Phi) is 7.39. The molecule has 12 heteroatoms. The van der Waals surface area contributed by atoms with Crippen molar-refractivity contribution in [1.82, 2.24) is 4.90 Å². The molecular weight excluding hydrogens is 613 g/mol. The molecule has 7 nitrogen and oxygen atoms in total. The highest BCUT2D eigenvalue weighted by Gasteiger charge is 2.36. The average Bonchev–Trinajstić information content (AvgIpc) is 3.17. The summed E-state index contributed by atoms with van der Waals surface area (Å²) < 4.78 is 44.8. The average molecular weight is 629 g/mol. The lowest BCUT2D eigenvalue weighted by Crippen LogP contribution is -2.27. The molecule has 4 aromatic carbocycles. The number of benzene rings is 4. The topological polar surface area (TPSA) is 89.7 Å². The van der Waals surface area contributed by atoms with E-state index in [-0.39, 0.29) is 22.9 Å². The molecule has 1 saturated heterocycles. The van der Waals surface area contributed by atoms with E-state index in [9.17, 15) is 32.9 Å². The van der Waals surface area contributed by atoms with Gasteiger partial charge in [0.2, 0.25) is 5.75 Å². The zero-order chi connectivity index (χ0) is 28.6. The first-order chi connectivity index (χ1) is 19.0. The van der Waals surface area contributed by atoms with Crippen molar-refractivity contribution in [3.8, 4) is 11.5 Å². The number of alkyl halides is 3. The van der Waals surface area contributed by atoms with Crippen molar-refractivity contribution in [2.75, 3.05) is 0 Å². The summed E-state index contributed by atoms with van der Waals surface area (Å²) in [7, 11) is 0. The second-order valence-electron chi connectivity index (χ2n) is 8.64. The SMILES string of the molecule is O=C1S/C(=C/c2ccc(Oc3ccc(C(F)(F)F)cc3[N+](=O)[O-])c(Br)c2)C(=O)N1Cc1cccc2ccccc12. The molecule has 0 spiro atoms. The number of carbonyl (C=O) groups is 2. The number of imide groups is 1. The van der Waals surface area contributed by atoms with Crippen LogP contribution in [0.15, 0.2) is 88.2 Å². The first-order valence-corrected chi connectivity index (χ1v) is 13.2. The van der Waals surface area contributed by atoms with Gasteiger partial charge in [0.25, 0.3) is 11.1 Å². The summed E-state index contributed by atoms with van der Waals surface area (Å²) in [6.45, 7) is 0.117. The molecule has 0 radical (unpaired) electrons. The minimum atomic E-state index is -4.75. The van der Waals surface area contributed by atoms with Crippen LogP contribution in [0.2, 0.25) is 0 Å². The van der Waals surface area contributed by atoms with Gasteiger partial charge in [0, 0.05) is 6.07 Å². The molecular formula is C28H16BrF3N2O5S. The molecule has 40 heavy (non-hydrogen) atoms. The fourth-order valence-corrected chi connectivity index (χ4v) is 5.43. The van der Waals surface area contributed by atoms with Gasteiger partial charge in [-0.05, 0) is 79.9 Å². The van der Waals surface area contributed by atoms with Crippen molar-refractivity contribution in [2.45, 2.75) is 12.7 Å². The Morgan fingerprint density at radius 3 is 2.42 bits per heavy atom. The third-order valence-electron chi connectivity index (χ3n) is 6.04. The summed E-state index contributed by atoms with van der Waals surface area (Å²) in [6, 6.07) is 19.9. The molecule has 1 aliphatic heterocycles. The van der Waals surface area contributed by atoms with Gasteiger partial charge >= 0.3 is 11.9 Å². The van der Waals surface area contributed by atoms with Gasteiger partial charge in [-0.15, -0.1) is 0 Å². The predicted octanol–water partition coefficient (Wildman–Crippen LogP) is 8.56. The molecule has 202 valence electrons. The van der Waals surface area contributed by atoms with Crippen LogP contribution in [0.3, 0.4) is 0 Å². The lowest BCUT2D eigenvalue weighted by Gasteiger charge is -2.14. The molecule has 0 aromatic heterocycles. The number of hydrogen-bond donors (Lipinski definition) is 0. The zero-order valence-corrected chi connectivity index (χ0v) is 22.5. The van der Waals surface area contributed by atoms with Crippen LogP contribution in [-0.2, 0) is 17.5 Å². The highest BCUT2D eigenvalue weighted by atomic mass is 79.9. The second-order valence-corrected chi connectivity index (χ2v) is 10.5. The molecule has 0 N–H and O–H groups in total. The maximum atomic E-state index is 13.1. The standard InChI is InChI=1S/C28H16BrF3N2O5S/c29-21-12-16(8-10-23(21)39-24-11-9-19(28(30,31)32)14-22(24)34(37)38)13-25-26(35)33(27(36)40-25)15-18-6-3-5-17-4-1-2-7-20(17)18/h1-14H,15H2/b25-13+. The molecule has 0 saturated carbocycles. The number of thioether (sulfide) groups is 1. The van der Waals surface area contributed by atoms with Gasteiger partial charge < -0.3 is 4.74 Å². The van der Waals surface area contributed by atoms with E-state index in [0.29, 0.717) is 22.2 Å². The Labute approximate surface area is 237 Å². The molecule has 0 unspecified atom stereocenters. The molecule has 1 fully saturated rings. The number of halogens is 4. The summed E-state index contributed by atoms with van der Waals surface area (Å²) >= 11 is 4.10. The van der Waals surface area contributed by atoms with Gasteiger partial charge in [-0.3, -0.25) is 24.6 Å². The van der Waals surface area contributed by atoms with Crippen LogP contribution < -0.4 is 4.74 Å². The number of nitro groups is 1. The van der Waals surface area contributed by atoms with Crippen molar-refractivity contribution < 1.29 is 32.4 Å². The molecule has 1 heterocycles. The Hall–Kier alpha value is -4.16. The van der Waals surface area contributed by atoms with Crippen LogP contribution in [-0.4, -0.2) is 21.0 Å². The van der Waals surface area contributed by atoms with Gasteiger partial charge in [0.15, 0.2) is 0 Å². The molecule has 4 aromatic rings. The van der Waals surface area contributed by atoms with Crippen molar-refractivity contribution in [1.29, 1.82) is 0 Å². The monoisotopic (exact) mass is 628 g/mol. The zero-order valence-electron chi connectivity index (χ0n) is 20.1. The van der Waals surface area contributed by atoms with Crippen LogP contribution in [0.5, 0.6) is 11.5 Å². The van der Waals surface area contributed by atoms with E-state index in [0.717, 1.165) is 34.2 Å². The minimum Gasteiger partial charge on any atom is -0.449 e. The third kappa shape index (κ3) is 5.58. The molecule has 1 aliphatic rings. The van der Waals surface area contributed by atoms with E-state index in [1.807, 2.05) is 42.5 Å². The lowest BCUT2D eigenvalue weighted by atomic mass is 10.0. The number of nitrogens with zero attached hydrogens (tertiary/aromatic N) is 2. The fraction of sp³-hybridized carbons (Fsp3) is 0.0714. The van der Waals surface area contributed by atoms with E-state index < -0.39 is 33.5 Å². The Morgan fingerprint density at radius 1 is 0.975 bits per heavy atom. The van der Waals surface area contributed by atoms with E-state index in [1.165, 1.54) is 17.0 Å². The molecule has 0 atom stereocenters. The van der Waals surface area contributed by atoms with Crippen molar-refractivity contribution in [2.24, 2.45) is 0 Å². The number of fused-ring (bicyclic) bond motifs is 1. The first-order valence-electron chi connectivity index (χ1n) is 11.6. The van der Waals surface area contributed by atoms with Crippen LogP contribution in [0.4, 0.5) is 23.7 Å². The summed E-state index contributed by atoms with van der Waals surface area (Å²) in [5.74, 6) is -0.718. The molecule has 5 rings (SSSR count). The quantitative estimate of drug-likeness (QED) is 0.121. The summed E-state index contributed by atoms with van der Waals surface area (Å²) in [5.41, 5.74) is -0.652. The van der Waals surface area contributed by atoms with E-state index in [4.69, 9.17) is 4.74 Å². The van der Waals surface area contributed by atoms with Gasteiger partial charge in [-0.1, -0.05) is 48.5 Å². The minimum absolute atomic E-state index is 0.101. The maximum Gasteiger partial charge on any atom is 0.416 e. The van der Waals surface area contributed by atoms with Gasteiger partial charge in [-0.2, -0.15) is 13.2 Å². The maximum absolute atomic E-state index is 13.1.